The lowest BCUT2D eigenvalue weighted by molar-refractivity contribution is -0.138. The predicted octanol–water partition coefficient (Wildman–Crippen LogP) is 0.733. The van der Waals surface area contributed by atoms with Crippen LogP contribution >= 0.6 is 0 Å². The Morgan fingerprint density at radius 3 is 2.62 bits per heavy atom. The highest BCUT2D eigenvalue weighted by molar-refractivity contribution is 5.69. The van der Waals surface area contributed by atoms with Crippen molar-refractivity contribution in [1.29, 1.82) is 0 Å². The zero-order valence-electron chi connectivity index (χ0n) is 11.8. The monoisotopic (exact) mass is 297 g/mol. The molecule has 0 saturated carbocycles. The molecular weight excluding hydrogens is 278 g/mol. The van der Waals surface area contributed by atoms with Gasteiger partial charge in [0, 0.05) is 17.5 Å². The van der Waals surface area contributed by atoms with Crippen molar-refractivity contribution in [2.45, 2.75) is 44.6 Å². The van der Waals surface area contributed by atoms with Crippen LogP contribution in [0.3, 0.4) is 0 Å². The molecule has 1 aliphatic rings. The van der Waals surface area contributed by atoms with E-state index in [0.717, 1.165) is 0 Å². The molecule has 0 aliphatic carbocycles. The second-order valence-electron chi connectivity index (χ2n) is 5.41. The molecule has 1 unspecified atom stereocenters. The lowest BCUT2D eigenvalue weighted by Gasteiger charge is -2.38. The maximum Gasteiger partial charge on any atom is 0.304 e. The number of carbonyl (C=O) groups is 1. The van der Waals surface area contributed by atoms with Crippen molar-refractivity contribution in [3.63, 3.8) is 0 Å². The van der Waals surface area contributed by atoms with E-state index in [2.05, 4.69) is 5.32 Å². The van der Waals surface area contributed by atoms with Gasteiger partial charge in [-0.2, -0.15) is 0 Å². The van der Waals surface area contributed by atoms with Crippen LogP contribution in [0.2, 0.25) is 0 Å². The van der Waals surface area contributed by atoms with E-state index < -0.39 is 30.0 Å². The molecule has 0 spiro atoms. The summed E-state index contributed by atoms with van der Waals surface area (Å²) in [5.41, 5.74) is 0.441. The van der Waals surface area contributed by atoms with Gasteiger partial charge in [-0.3, -0.25) is 4.79 Å². The van der Waals surface area contributed by atoms with Gasteiger partial charge in [0.15, 0.2) is 11.5 Å². The Morgan fingerprint density at radius 2 is 2.05 bits per heavy atom. The van der Waals surface area contributed by atoms with Gasteiger partial charge in [0.2, 0.25) is 12.0 Å². The molecule has 116 valence electrons. The minimum Gasteiger partial charge on any atom is -0.504 e. The second-order valence-corrected chi connectivity index (χ2v) is 5.41. The number of aromatic hydroxyl groups is 2. The number of rotatable bonds is 4. The number of aliphatic carboxylic acids is 1. The maximum absolute atomic E-state index is 11.1. The third-order valence-corrected chi connectivity index (χ3v) is 3.44. The van der Waals surface area contributed by atoms with Crippen LogP contribution in [0.4, 0.5) is 0 Å². The fourth-order valence-corrected chi connectivity index (χ4v) is 2.59. The Bertz CT molecular complexity index is 545. The minimum absolute atomic E-state index is 0.0109. The number of hydrogen-bond acceptors (Lipinski definition) is 6. The lowest BCUT2D eigenvalue weighted by Crippen LogP contribution is -2.52. The first-order valence-electron chi connectivity index (χ1n) is 6.68. The Hall–Kier alpha value is -1.99. The zero-order valence-corrected chi connectivity index (χ0v) is 11.8. The summed E-state index contributed by atoms with van der Waals surface area (Å²) in [4.78, 5) is 11.1. The number of aliphatic hydroxyl groups is 1. The summed E-state index contributed by atoms with van der Waals surface area (Å²) in [6, 6.07) is 2.16. The van der Waals surface area contributed by atoms with E-state index in [1.807, 2.05) is 13.8 Å². The first-order chi connectivity index (χ1) is 9.81. The molecule has 0 radical (unpaired) electrons. The molecule has 0 saturated heterocycles. The molecule has 0 amide bonds. The van der Waals surface area contributed by atoms with E-state index in [0.29, 0.717) is 5.56 Å². The molecule has 21 heavy (non-hydrogen) atoms. The van der Waals surface area contributed by atoms with Crippen LogP contribution in [0.15, 0.2) is 12.1 Å². The Morgan fingerprint density at radius 1 is 1.38 bits per heavy atom. The Kier molecular flexibility index (Phi) is 4.24. The van der Waals surface area contributed by atoms with E-state index in [-0.39, 0.29) is 24.0 Å². The highest BCUT2D eigenvalue weighted by Gasteiger charge is 2.40. The molecule has 0 bridgehead atoms. The van der Waals surface area contributed by atoms with Crippen molar-refractivity contribution < 1.29 is 30.0 Å². The quantitative estimate of drug-likeness (QED) is 0.520. The summed E-state index contributed by atoms with van der Waals surface area (Å²) in [5.74, 6) is -2.57. The third kappa shape index (κ3) is 3.03. The normalized spacial score (nSPS) is 24.5. The van der Waals surface area contributed by atoms with Crippen LogP contribution in [-0.4, -0.2) is 44.8 Å². The average Bonchev–Trinajstić information content (AvgIpc) is 2.38. The van der Waals surface area contributed by atoms with Gasteiger partial charge in [-0.1, -0.05) is 19.9 Å². The van der Waals surface area contributed by atoms with Crippen molar-refractivity contribution in [1.82, 2.24) is 5.32 Å². The van der Waals surface area contributed by atoms with Crippen LogP contribution in [-0.2, 0) is 4.79 Å². The first kappa shape index (κ1) is 15.4. The van der Waals surface area contributed by atoms with Gasteiger partial charge < -0.3 is 30.5 Å². The van der Waals surface area contributed by atoms with E-state index >= 15 is 0 Å². The molecule has 0 aromatic heterocycles. The zero-order chi connectivity index (χ0) is 15.7. The van der Waals surface area contributed by atoms with Crippen molar-refractivity contribution in [2.75, 3.05) is 0 Å². The van der Waals surface area contributed by atoms with E-state index in [9.17, 15) is 20.1 Å². The molecular formula is C14H19NO6. The van der Waals surface area contributed by atoms with Crippen LogP contribution in [0.25, 0.3) is 0 Å². The van der Waals surface area contributed by atoms with Gasteiger partial charge >= 0.3 is 5.97 Å². The number of fused-ring (bicyclic) bond motifs is 1. The fourth-order valence-electron chi connectivity index (χ4n) is 2.59. The molecule has 3 atom stereocenters. The third-order valence-electron chi connectivity index (χ3n) is 3.44. The van der Waals surface area contributed by atoms with Gasteiger partial charge in [-0.05, 0) is 6.07 Å². The molecule has 0 fully saturated rings. The van der Waals surface area contributed by atoms with Crippen molar-refractivity contribution in [3.05, 3.63) is 17.7 Å². The summed E-state index contributed by atoms with van der Waals surface area (Å²) in [7, 11) is 0. The lowest BCUT2D eigenvalue weighted by atomic mass is 9.84. The molecule has 2 rings (SSSR count). The number of phenols is 2. The Labute approximate surface area is 121 Å². The second kappa shape index (κ2) is 5.79. The van der Waals surface area contributed by atoms with Crippen LogP contribution < -0.4 is 10.1 Å². The van der Waals surface area contributed by atoms with Crippen molar-refractivity contribution >= 4 is 5.97 Å². The van der Waals surface area contributed by atoms with Gasteiger partial charge in [-0.25, -0.2) is 0 Å². The molecule has 1 aliphatic heterocycles. The number of phenolic OH excluding ortho intramolecular Hbond substituents is 2. The molecule has 5 N–H and O–H groups in total. The molecule has 1 aromatic carbocycles. The smallest absolute Gasteiger partial charge is 0.304 e. The van der Waals surface area contributed by atoms with Crippen LogP contribution in [0, 0.1) is 0 Å². The number of nitrogens with one attached hydrogen (secondary N) is 1. The van der Waals surface area contributed by atoms with Crippen molar-refractivity contribution in [2.24, 2.45) is 0 Å². The predicted molar refractivity (Wildman–Crippen MR) is 73.5 cm³/mol. The summed E-state index contributed by atoms with van der Waals surface area (Å²) >= 11 is 0. The van der Waals surface area contributed by atoms with Gasteiger partial charge in [0.1, 0.15) is 0 Å². The number of ether oxygens (including phenoxy) is 1. The van der Waals surface area contributed by atoms with Crippen molar-refractivity contribution in [3.8, 4) is 17.2 Å². The fraction of sp³-hybridized carbons (Fsp3) is 0.500. The maximum atomic E-state index is 11.1. The highest BCUT2D eigenvalue weighted by Crippen LogP contribution is 2.46. The summed E-state index contributed by atoms with van der Waals surface area (Å²) < 4.78 is 5.26. The first-order valence-corrected chi connectivity index (χ1v) is 6.68. The number of hydrogen-bond donors (Lipinski definition) is 5. The molecule has 1 aromatic rings. The summed E-state index contributed by atoms with van der Waals surface area (Å²) in [6.07, 6.45) is -1.56. The van der Waals surface area contributed by atoms with E-state index in [1.54, 1.807) is 0 Å². The van der Waals surface area contributed by atoms with E-state index in [4.69, 9.17) is 9.84 Å². The molecule has 7 heteroatoms. The standard InChI is InChI=1S/C14H19NO6/c1-6(2)15-11-8(5-10(17)18)7-3-4-9(16)12(19)13(7)21-14(11)20/h3-4,6,8,11,14-16,19-20H,5H2,1-2H3,(H,17,18)/t8?,11-,14-/m1/s1. The Balaban J connectivity index is 2.47. The van der Waals surface area contributed by atoms with Crippen LogP contribution in [0.5, 0.6) is 17.2 Å². The van der Waals surface area contributed by atoms with Gasteiger partial charge in [-0.15, -0.1) is 0 Å². The average molecular weight is 297 g/mol. The number of aliphatic hydroxyl groups excluding tert-OH is 1. The topological polar surface area (TPSA) is 119 Å². The number of carboxylic acids is 1. The summed E-state index contributed by atoms with van der Waals surface area (Å²) in [6.45, 7) is 3.74. The SMILES string of the molecule is CC(C)N[C@@H]1C(CC(=O)O)c2ccc(O)c(O)c2O[C@H]1O. The summed E-state index contributed by atoms with van der Waals surface area (Å²) in [5, 5.41) is 41.6. The van der Waals surface area contributed by atoms with Gasteiger partial charge in [0.05, 0.1) is 12.5 Å². The van der Waals surface area contributed by atoms with Crippen LogP contribution in [0.1, 0.15) is 31.7 Å². The van der Waals surface area contributed by atoms with Gasteiger partial charge in [0.25, 0.3) is 0 Å². The van der Waals surface area contributed by atoms with E-state index in [1.165, 1.54) is 12.1 Å². The largest absolute Gasteiger partial charge is 0.504 e. The molecule has 1 heterocycles. The molecule has 7 nitrogen and oxygen atoms in total. The number of carboxylic acid groups (broad SMARTS) is 1. The minimum atomic E-state index is -1.32. The highest BCUT2D eigenvalue weighted by atomic mass is 16.6. The number of benzene rings is 1.